The fraction of sp³-hybridized carbons (Fsp3) is 0.429. The van der Waals surface area contributed by atoms with Gasteiger partial charge in [0.1, 0.15) is 0 Å². The van der Waals surface area contributed by atoms with Crippen molar-refractivity contribution >= 4 is 23.4 Å². The number of hydrogen-bond donors (Lipinski definition) is 1. The van der Waals surface area contributed by atoms with Crippen LogP contribution < -0.4 is 5.73 Å². The second-order valence-corrected chi connectivity index (χ2v) is 6.43. The van der Waals surface area contributed by atoms with Crippen molar-refractivity contribution in [3.8, 4) is 0 Å². The van der Waals surface area contributed by atoms with Crippen molar-refractivity contribution in [1.29, 1.82) is 0 Å². The summed E-state index contributed by atoms with van der Waals surface area (Å²) in [4.78, 5) is 5.35. The number of aromatic nitrogens is 2. The Kier molecular flexibility index (Phi) is 5.46. The van der Waals surface area contributed by atoms with Crippen LogP contribution in [-0.4, -0.2) is 10.1 Å². The highest BCUT2D eigenvalue weighted by Crippen LogP contribution is 2.29. The van der Waals surface area contributed by atoms with Crippen molar-refractivity contribution in [3.05, 3.63) is 41.0 Å². The SMILES string of the molecule is CC(C)C[C@H](N)c1nc(CSc2ccccc2Cl)no1. The minimum absolute atomic E-state index is 0.193. The van der Waals surface area contributed by atoms with E-state index in [0.29, 0.717) is 23.4 Å². The van der Waals surface area contributed by atoms with Crippen LogP contribution in [0.2, 0.25) is 5.02 Å². The Labute approximate surface area is 128 Å². The predicted octanol–water partition coefficient (Wildman–Crippen LogP) is 4.06. The molecular weight excluding hydrogens is 294 g/mol. The van der Waals surface area contributed by atoms with Crippen molar-refractivity contribution in [2.45, 2.75) is 37.0 Å². The molecule has 0 aliphatic heterocycles. The average Bonchev–Trinajstić information content (AvgIpc) is 2.86. The lowest BCUT2D eigenvalue weighted by atomic mass is 10.0. The van der Waals surface area contributed by atoms with E-state index in [2.05, 4.69) is 24.0 Å². The van der Waals surface area contributed by atoms with Crippen LogP contribution in [0.1, 0.15) is 38.0 Å². The summed E-state index contributed by atoms with van der Waals surface area (Å²) < 4.78 is 5.21. The Bertz CT molecular complexity index is 559. The molecule has 0 fully saturated rings. The van der Waals surface area contributed by atoms with Gasteiger partial charge in [0.2, 0.25) is 5.89 Å². The maximum atomic E-state index is 6.10. The van der Waals surface area contributed by atoms with Gasteiger partial charge in [0.25, 0.3) is 0 Å². The smallest absolute Gasteiger partial charge is 0.243 e. The van der Waals surface area contributed by atoms with E-state index in [1.165, 1.54) is 0 Å². The molecule has 1 aromatic heterocycles. The summed E-state index contributed by atoms with van der Waals surface area (Å²) >= 11 is 7.68. The molecule has 0 unspecified atom stereocenters. The molecule has 108 valence electrons. The second kappa shape index (κ2) is 7.11. The lowest BCUT2D eigenvalue weighted by Crippen LogP contribution is -2.13. The highest BCUT2D eigenvalue weighted by atomic mass is 35.5. The quantitative estimate of drug-likeness (QED) is 0.815. The molecule has 1 aromatic carbocycles. The maximum Gasteiger partial charge on any atom is 0.243 e. The van der Waals surface area contributed by atoms with Gasteiger partial charge in [0.05, 0.1) is 16.8 Å². The zero-order valence-electron chi connectivity index (χ0n) is 11.5. The van der Waals surface area contributed by atoms with Crippen molar-refractivity contribution in [2.75, 3.05) is 0 Å². The minimum Gasteiger partial charge on any atom is -0.338 e. The van der Waals surface area contributed by atoms with E-state index < -0.39 is 0 Å². The Morgan fingerprint density at radius 3 is 2.80 bits per heavy atom. The molecule has 20 heavy (non-hydrogen) atoms. The van der Waals surface area contributed by atoms with Gasteiger partial charge in [-0.25, -0.2) is 0 Å². The van der Waals surface area contributed by atoms with Gasteiger partial charge in [-0.15, -0.1) is 11.8 Å². The lowest BCUT2D eigenvalue weighted by molar-refractivity contribution is 0.333. The molecule has 0 aliphatic rings. The van der Waals surface area contributed by atoms with Gasteiger partial charge in [0.15, 0.2) is 5.82 Å². The Morgan fingerprint density at radius 1 is 1.35 bits per heavy atom. The Hall–Kier alpha value is -1.04. The van der Waals surface area contributed by atoms with Crippen LogP contribution in [0.3, 0.4) is 0 Å². The highest BCUT2D eigenvalue weighted by Gasteiger charge is 2.16. The number of rotatable bonds is 6. The molecule has 6 heteroatoms. The first-order valence-electron chi connectivity index (χ1n) is 6.51. The summed E-state index contributed by atoms with van der Waals surface area (Å²) in [7, 11) is 0. The van der Waals surface area contributed by atoms with E-state index >= 15 is 0 Å². The summed E-state index contributed by atoms with van der Waals surface area (Å²) in [5.74, 6) is 2.26. The Balaban J connectivity index is 1.95. The largest absolute Gasteiger partial charge is 0.338 e. The predicted molar refractivity (Wildman–Crippen MR) is 81.7 cm³/mol. The van der Waals surface area contributed by atoms with Crippen LogP contribution in [0.4, 0.5) is 0 Å². The van der Waals surface area contributed by atoms with Gasteiger partial charge in [-0.05, 0) is 24.5 Å². The van der Waals surface area contributed by atoms with Gasteiger partial charge in [-0.1, -0.05) is 42.7 Å². The van der Waals surface area contributed by atoms with E-state index in [0.717, 1.165) is 16.3 Å². The van der Waals surface area contributed by atoms with Gasteiger partial charge < -0.3 is 10.3 Å². The number of benzene rings is 1. The number of halogens is 1. The third-order valence-electron chi connectivity index (χ3n) is 2.72. The molecule has 4 nitrogen and oxygen atoms in total. The van der Waals surface area contributed by atoms with E-state index in [1.807, 2.05) is 24.3 Å². The number of thioether (sulfide) groups is 1. The molecule has 2 rings (SSSR count). The molecule has 0 spiro atoms. The van der Waals surface area contributed by atoms with Crippen LogP contribution in [0, 0.1) is 5.92 Å². The molecule has 1 heterocycles. The van der Waals surface area contributed by atoms with Gasteiger partial charge in [0, 0.05) is 4.90 Å². The topological polar surface area (TPSA) is 64.9 Å². The standard InChI is InChI=1S/C14H18ClN3OS/c1-9(2)7-11(16)14-17-13(18-19-14)8-20-12-6-4-3-5-10(12)15/h3-6,9,11H,7-8,16H2,1-2H3/t11-/m0/s1. The van der Waals surface area contributed by atoms with Crippen LogP contribution >= 0.6 is 23.4 Å². The molecule has 0 saturated carbocycles. The van der Waals surface area contributed by atoms with Gasteiger partial charge in [-0.2, -0.15) is 4.98 Å². The fourth-order valence-corrected chi connectivity index (χ4v) is 2.87. The summed E-state index contributed by atoms with van der Waals surface area (Å²) in [6.45, 7) is 4.23. The third-order valence-corrected chi connectivity index (χ3v) is 4.23. The summed E-state index contributed by atoms with van der Waals surface area (Å²) in [6, 6.07) is 7.50. The van der Waals surface area contributed by atoms with Crippen molar-refractivity contribution in [1.82, 2.24) is 10.1 Å². The van der Waals surface area contributed by atoms with Crippen LogP contribution in [0.5, 0.6) is 0 Å². The zero-order valence-corrected chi connectivity index (χ0v) is 13.1. The van der Waals surface area contributed by atoms with E-state index in [9.17, 15) is 0 Å². The zero-order chi connectivity index (χ0) is 14.5. The average molecular weight is 312 g/mol. The molecule has 0 bridgehead atoms. The molecular formula is C14H18ClN3OS. The molecule has 0 aliphatic carbocycles. The summed E-state index contributed by atoms with van der Waals surface area (Å²) in [5, 5.41) is 4.69. The molecule has 2 aromatic rings. The maximum absolute atomic E-state index is 6.10. The molecule has 0 saturated heterocycles. The Morgan fingerprint density at radius 2 is 2.10 bits per heavy atom. The molecule has 0 amide bonds. The number of nitrogens with two attached hydrogens (primary N) is 1. The van der Waals surface area contributed by atoms with Crippen molar-refractivity contribution < 1.29 is 4.52 Å². The number of hydrogen-bond acceptors (Lipinski definition) is 5. The monoisotopic (exact) mass is 311 g/mol. The third kappa shape index (κ3) is 4.23. The van der Waals surface area contributed by atoms with E-state index in [1.54, 1.807) is 11.8 Å². The van der Waals surface area contributed by atoms with Crippen LogP contribution in [0.15, 0.2) is 33.7 Å². The van der Waals surface area contributed by atoms with Gasteiger partial charge in [-0.3, -0.25) is 0 Å². The first kappa shape index (κ1) is 15.4. The van der Waals surface area contributed by atoms with E-state index in [-0.39, 0.29) is 6.04 Å². The summed E-state index contributed by atoms with van der Waals surface area (Å²) in [5.41, 5.74) is 6.02. The van der Waals surface area contributed by atoms with Crippen molar-refractivity contribution in [3.63, 3.8) is 0 Å². The molecule has 2 N–H and O–H groups in total. The highest BCUT2D eigenvalue weighted by molar-refractivity contribution is 7.98. The lowest BCUT2D eigenvalue weighted by Gasteiger charge is -2.08. The van der Waals surface area contributed by atoms with E-state index in [4.69, 9.17) is 21.9 Å². The first-order chi connectivity index (χ1) is 9.56. The first-order valence-corrected chi connectivity index (χ1v) is 7.88. The van der Waals surface area contributed by atoms with Crippen LogP contribution in [-0.2, 0) is 5.75 Å². The molecule has 1 atom stereocenters. The van der Waals surface area contributed by atoms with Crippen LogP contribution in [0.25, 0.3) is 0 Å². The van der Waals surface area contributed by atoms with Gasteiger partial charge >= 0.3 is 0 Å². The fourth-order valence-electron chi connectivity index (χ4n) is 1.79. The van der Waals surface area contributed by atoms with Crippen molar-refractivity contribution in [2.24, 2.45) is 11.7 Å². The minimum atomic E-state index is -0.193. The second-order valence-electron chi connectivity index (χ2n) is 5.00. The number of nitrogens with zero attached hydrogens (tertiary/aromatic N) is 2. The molecule has 0 radical (unpaired) electrons. The summed E-state index contributed by atoms with van der Waals surface area (Å²) in [6.07, 6.45) is 0.833. The normalized spacial score (nSPS) is 12.8.